The van der Waals surface area contributed by atoms with Crippen LogP contribution < -0.4 is 5.32 Å². The molecule has 1 fully saturated rings. The maximum Gasteiger partial charge on any atom is 0.253 e. The Balaban J connectivity index is 1.79. The van der Waals surface area contributed by atoms with Gasteiger partial charge in [-0.15, -0.1) is 0 Å². The van der Waals surface area contributed by atoms with Gasteiger partial charge in [-0.1, -0.05) is 17.7 Å². The zero-order chi connectivity index (χ0) is 18.1. The summed E-state index contributed by atoms with van der Waals surface area (Å²) in [6.07, 6.45) is 1.66. The number of hydrogen-bond acceptors (Lipinski definition) is 4. The summed E-state index contributed by atoms with van der Waals surface area (Å²) in [6.45, 7) is 4.44. The van der Waals surface area contributed by atoms with Crippen molar-refractivity contribution in [2.24, 2.45) is 0 Å². The van der Waals surface area contributed by atoms with Crippen molar-refractivity contribution in [3.05, 3.63) is 34.9 Å². The highest BCUT2D eigenvalue weighted by atomic mass is 35.5. The third-order valence-corrected chi connectivity index (χ3v) is 4.40. The molecule has 1 N–H and O–H groups in total. The van der Waals surface area contributed by atoms with Crippen LogP contribution in [-0.4, -0.2) is 74.6 Å². The van der Waals surface area contributed by atoms with Crippen molar-refractivity contribution in [2.45, 2.75) is 12.8 Å². The van der Waals surface area contributed by atoms with E-state index < -0.39 is 0 Å². The molecule has 7 heteroatoms. The molecule has 0 unspecified atom stereocenters. The molecule has 0 spiro atoms. The molecular formula is C18H26ClN3O3. The van der Waals surface area contributed by atoms with Crippen molar-refractivity contribution in [1.29, 1.82) is 0 Å². The second-order valence-electron chi connectivity index (χ2n) is 6.13. The van der Waals surface area contributed by atoms with Gasteiger partial charge < -0.3 is 15.0 Å². The second kappa shape index (κ2) is 10.4. The van der Waals surface area contributed by atoms with Crippen LogP contribution in [0.5, 0.6) is 0 Å². The Hall–Kier alpha value is -1.63. The van der Waals surface area contributed by atoms with Crippen LogP contribution in [0, 0.1) is 0 Å². The van der Waals surface area contributed by atoms with E-state index >= 15 is 0 Å². The summed E-state index contributed by atoms with van der Waals surface area (Å²) in [4.78, 5) is 28.5. The lowest BCUT2D eigenvalue weighted by molar-refractivity contribution is -0.122. The first-order chi connectivity index (χ1) is 12.1. The lowest BCUT2D eigenvalue weighted by atomic mass is 10.2. The minimum absolute atomic E-state index is 0.00614. The van der Waals surface area contributed by atoms with E-state index in [0.29, 0.717) is 49.9 Å². The van der Waals surface area contributed by atoms with Gasteiger partial charge in [-0.2, -0.15) is 0 Å². The Morgan fingerprint density at radius 1 is 1.24 bits per heavy atom. The number of nitrogens with one attached hydrogen (secondary N) is 1. The predicted molar refractivity (Wildman–Crippen MR) is 97.9 cm³/mol. The summed E-state index contributed by atoms with van der Waals surface area (Å²) < 4.78 is 4.96. The fraction of sp³-hybridized carbons (Fsp3) is 0.556. The first kappa shape index (κ1) is 19.7. The quantitative estimate of drug-likeness (QED) is 0.744. The van der Waals surface area contributed by atoms with Gasteiger partial charge in [0, 0.05) is 57.0 Å². The van der Waals surface area contributed by atoms with Gasteiger partial charge in [0.25, 0.3) is 5.91 Å². The van der Waals surface area contributed by atoms with Crippen LogP contribution >= 0.6 is 11.6 Å². The average molecular weight is 368 g/mol. The predicted octanol–water partition coefficient (Wildman–Crippen LogP) is 1.64. The fourth-order valence-electron chi connectivity index (χ4n) is 2.84. The van der Waals surface area contributed by atoms with Gasteiger partial charge in [0.2, 0.25) is 5.91 Å². The van der Waals surface area contributed by atoms with Crippen molar-refractivity contribution in [1.82, 2.24) is 15.1 Å². The number of carbonyl (C=O) groups is 2. The maximum absolute atomic E-state index is 12.6. The summed E-state index contributed by atoms with van der Waals surface area (Å²) >= 11 is 5.97. The number of carbonyl (C=O) groups excluding carboxylic acids is 2. The maximum atomic E-state index is 12.6. The number of rotatable bonds is 7. The molecule has 2 amide bonds. The number of hydrogen-bond donors (Lipinski definition) is 1. The zero-order valence-electron chi connectivity index (χ0n) is 14.7. The van der Waals surface area contributed by atoms with Gasteiger partial charge in [0.05, 0.1) is 6.54 Å². The Morgan fingerprint density at radius 2 is 2.08 bits per heavy atom. The largest absolute Gasteiger partial charge is 0.385 e. The van der Waals surface area contributed by atoms with Crippen molar-refractivity contribution < 1.29 is 14.3 Å². The minimum atomic E-state index is -0.00614. The molecule has 0 aliphatic carbocycles. The molecular weight excluding hydrogens is 342 g/mol. The lowest BCUT2D eigenvalue weighted by Crippen LogP contribution is -2.40. The average Bonchev–Trinajstić information content (AvgIpc) is 2.84. The molecule has 1 saturated heterocycles. The molecule has 1 aliphatic heterocycles. The van der Waals surface area contributed by atoms with Gasteiger partial charge in [0.1, 0.15) is 0 Å². The third kappa shape index (κ3) is 6.65. The summed E-state index contributed by atoms with van der Waals surface area (Å²) in [5.41, 5.74) is 0.608. The summed E-state index contributed by atoms with van der Waals surface area (Å²) in [5, 5.41) is 3.46. The number of halogens is 1. The molecule has 1 aromatic rings. The standard InChI is InChI=1S/C18H26ClN3O3/c1-25-12-3-7-20-17(23)14-21-8-4-9-22(11-10-21)18(24)15-5-2-6-16(19)13-15/h2,5-6,13H,3-4,7-12,14H2,1H3,(H,20,23). The summed E-state index contributed by atoms with van der Waals surface area (Å²) in [6, 6.07) is 7.02. The van der Waals surface area contributed by atoms with E-state index in [2.05, 4.69) is 10.2 Å². The molecule has 0 atom stereocenters. The number of benzene rings is 1. The molecule has 1 heterocycles. The number of nitrogens with zero attached hydrogens (tertiary/aromatic N) is 2. The number of methoxy groups -OCH3 is 1. The summed E-state index contributed by atoms with van der Waals surface area (Å²) in [5.74, 6) is 0.0130. The van der Waals surface area contributed by atoms with E-state index in [4.69, 9.17) is 16.3 Å². The number of ether oxygens (including phenoxy) is 1. The minimum Gasteiger partial charge on any atom is -0.385 e. The van der Waals surface area contributed by atoms with E-state index in [1.165, 1.54) is 0 Å². The molecule has 0 saturated carbocycles. The summed E-state index contributed by atoms with van der Waals surface area (Å²) in [7, 11) is 1.65. The van der Waals surface area contributed by atoms with Crippen molar-refractivity contribution in [2.75, 3.05) is 53.0 Å². The van der Waals surface area contributed by atoms with E-state index in [9.17, 15) is 9.59 Å². The van der Waals surface area contributed by atoms with Gasteiger partial charge in [-0.05, 0) is 31.0 Å². The van der Waals surface area contributed by atoms with Crippen molar-refractivity contribution in [3.63, 3.8) is 0 Å². The van der Waals surface area contributed by atoms with Crippen molar-refractivity contribution in [3.8, 4) is 0 Å². The number of amides is 2. The molecule has 0 radical (unpaired) electrons. The smallest absolute Gasteiger partial charge is 0.253 e. The normalized spacial score (nSPS) is 15.7. The monoisotopic (exact) mass is 367 g/mol. The molecule has 1 aromatic carbocycles. The first-order valence-corrected chi connectivity index (χ1v) is 9.01. The molecule has 1 aliphatic rings. The van der Waals surface area contributed by atoms with Crippen LogP contribution in [0.4, 0.5) is 0 Å². The van der Waals surface area contributed by atoms with Gasteiger partial charge in [0.15, 0.2) is 0 Å². The molecule has 0 aromatic heterocycles. The SMILES string of the molecule is COCCCNC(=O)CN1CCCN(C(=O)c2cccc(Cl)c2)CC1. The zero-order valence-corrected chi connectivity index (χ0v) is 15.4. The van der Waals surface area contributed by atoms with Crippen LogP contribution in [-0.2, 0) is 9.53 Å². The van der Waals surface area contributed by atoms with Crippen LogP contribution in [0.3, 0.4) is 0 Å². The van der Waals surface area contributed by atoms with E-state index in [-0.39, 0.29) is 11.8 Å². The molecule has 2 rings (SSSR count). The third-order valence-electron chi connectivity index (χ3n) is 4.16. The molecule has 138 valence electrons. The van der Waals surface area contributed by atoms with Crippen molar-refractivity contribution >= 4 is 23.4 Å². The Labute approximate surface area is 154 Å². The lowest BCUT2D eigenvalue weighted by Gasteiger charge is -2.22. The van der Waals surface area contributed by atoms with Crippen LogP contribution in [0.25, 0.3) is 0 Å². The molecule has 0 bridgehead atoms. The van der Waals surface area contributed by atoms with E-state index in [1.54, 1.807) is 31.4 Å². The van der Waals surface area contributed by atoms with Gasteiger partial charge in [-0.25, -0.2) is 0 Å². The highest BCUT2D eigenvalue weighted by Crippen LogP contribution is 2.14. The second-order valence-corrected chi connectivity index (χ2v) is 6.56. The van der Waals surface area contributed by atoms with Crippen LogP contribution in [0.1, 0.15) is 23.2 Å². The Bertz CT molecular complexity index is 582. The van der Waals surface area contributed by atoms with Gasteiger partial charge in [-0.3, -0.25) is 14.5 Å². The Kier molecular flexibility index (Phi) is 8.18. The molecule has 25 heavy (non-hydrogen) atoms. The van der Waals surface area contributed by atoms with Crippen LogP contribution in [0.2, 0.25) is 5.02 Å². The van der Waals surface area contributed by atoms with E-state index in [1.807, 2.05) is 4.90 Å². The fourth-order valence-corrected chi connectivity index (χ4v) is 3.03. The molecule has 6 nitrogen and oxygen atoms in total. The highest BCUT2D eigenvalue weighted by molar-refractivity contribution is 6.30. The Morgan fingerprint density at radius 3 is 2.84 bits per heavy atom. The van der Waals surface area contributed by atoms with Crippen LogP contribution in [0.15, 0.2) is 24.3 Å². The first-order valence-electron chi connectivity index (χ1n) is 8.63. The van der Waals surface area contributed by atoms with E-state index in [0.717, 1.165) is 19.4 Å². The van der Waals surface area contributed by atoms with Gasteiger partial charge >= 0.3 is 0 Å². The highest BCUT2D eigenvalue weighted by Gasteiger charge is 2.21. The topological polar surface area (TPSA) is 61.9 Å².